The first-order valence-corrected chi connectivity index (χ1v) is 6.11. The fourth-order valence-electron chi connectivity index (χ4n) is 1.49. The van der Waals surface area contributed by atoms with E-state index in [2.05, 4.69) is 15.9 Å². The minimum atomic E-state index is -0.777. The highest BCUT2D eigenvalue weighted by atomic mass is 79.9. The number of hydrogen-bond donors (Lipinski definition) is 0. The van der Waals surface area contributed by atoms with Crippen molar-refractivity contribution in [2.45, 2.75) is 0 Å². The number of carbonyl (C=O) groups is 1. The molecule has 0 bridgehead atoms. The third kappa shape index (κ3) is 2.60. The summed E-state index contributed by atoms with van der Waals surface area (Å²) in [6, 6.07) is 7.31. The van der Waals surface area contributed by atoms with Gasteiger partial charge in [0.05, 0.1) is 10.6 Å². The van der Waals surface area contributed by atoms with Gasteiger partial charge in [0.25, 0.3) is 0 Å². The van der Waals surface area contributed by atoms with Gasteiger partial charge < -0.3 is 0 Å². The van der Waals surface area contributed by atoms with Crippen LogP contribution in [0.1, 0.15) is 15.9 Å². The van der Waals surface area contributed by atoms with E-state index in [0.29, 0.717) is 4.47 Å². The highest BCUT2D eigenvalue weighted by molar-refractivity contribution is 9.10. The lowest BCUT2D eigenvalue weighted by atomic mass is 10.0. The lowest BCUT2D eigenvalue weighted by Crippen LogP contribution is -2.05. The molecule has 0 unspecified atom stereocenters. The summed E-state index contributed by atoms with van der Waals surface area (Å²) in [5.41, 5.74) is -0.205. The Kier molecular flexibility index (Phi) is 3.78. The first kappa shape index (κ1) is 13.2. The predicted octanol–water partition coefficient (Wildman–Crippen LogP) is 4.61. The molecule has 92 valence electrons. The molecule has 0 N–H and O–H groups in total. The van der Waals surface area contributed by atoms with Crippen molar-refractivity contribution < 1.29 is 13.6 Å². The van der Waals surface area contributed by atoms with Crippen molar-refractivity contribution in [1.29, 1.82) is 0 Å². The number of carbonyl (C=O) groups excluding carboxylic acids is 1. The zero-order valence-corrected chi connectivity index (χ0v) is 11.2. The van der Waals surface area contributed by atoms with Gasteiger partial charge in [0.1, 0.15) is 11.6 Å². The van der Waals surface area contributed by atoms with Crippen LogP contribution < -0.4 is 0 Å². The van der Waals surface area contributed by atoms with Crippen LogP contribution in [0.5, 0.6) is 0 Å². The zero-order valence-electron chi connectivity index (χ0n) is 8.88. The summed E-state index contributed by atoms with van der Waals surface area (Å²) in [5.74, 6) is -2.10. The van der Waals surface area contributed by atoms with Crippen LogP contribution in [0.3, 0.4) is 0 Å². The molecular weight excluding hydrogens is 325 g/mol. The van der Waals surface area contributed by atoms with Crippen LogP contribution >= 0.6 is 27.5 Å². The summed E-state index contributed by atoms with van der Waals surface area (Å²) in [5, 5.41) is 0.179. The van der Waals surface area contributed by atoms with Crippen molar-refractivity contribution in [3.63, 3.8) is 0 Å². The molecule has 0 aromatic heterocycles. The third-order valence-electron chi connectivity index (χ3n) is 2.35. The number of hydrogen-bond acceptors (Lipinski definition) is 1. The van der Waals surface area contributed by atoms with Gasteiger partial charge in [0.15, 0.2) is 5.78 Å². The van der Waals surface area contributed by atoms with Crippen LogP contribution in [0.15, 0.2) is 40.9 Å². The van der Waals surface area contributed by atoms with E-state index in [-0.39, 0.29) is 16.1 Å². The van der Waals surface area contributed by atoms with Crippen molar-refractivity contribution in [3.8, 4) is 0 Å². The van der Waals surface area contributed by atoms with Crippen LogP contribution in [0, 0.1) is 11.6 Å². The monoisotopic (exact) mass is 330 g/mol. The van der Waals surface area contributed by atoms with Crippen LogP contribution in [0.2, 0.25) is 5.02 Å². The summed E-state index contributed by atoms with van der Waals surface area (Å²) in [6.07, 6.45) is 0. The standard InChI is InChI=1S/C13H6BrClF2O/c14-7-1-3-9(11(15)5-7)13(18)10-6-8(16)2-4-12(10)17/h1-6H. The Bertz CT molecular complexity index is 628. The van der Waals surface area contributed by atoms with E-state index < -0.39 is 17.4 Å². The average molecular weight is 332 g/mol. The first-order chi connectivity index (χ1) is 8.49. The number of rotatable bonds is 2. The van der Waals surface area contributed by atoms with E-state index in [4.69, 9.17) is 11.6 Å². The maximum atomic E-state index is 13.5. The molecule has 0 atom stereocenters. The van der Waals surface area contributed by atoms with E-state index >= 15 is 0 Å². The van der Waals surface area contributed by atoms with Gasteiger partial charge in [-0.2, -0.15) is 0 Å². The van der Waals surface area contributed by atoms with Crippen LogP contribution in [0.25, 0.3) is 0 Å². The molecule has 0 amide bonds. The van der Waals surface area contributed by atoms with Crippen molar-refractivity contribution in [3.05, 3.63) is 68.7 Å². The maximum absolute atomic E-state index is 13.5. The van der Waals surface area contributed by atoms with Crippen molar-refractivity contribution in [2.75, 3.05) is 0 Å². The summed E-state index contributed by atoms with van der Waals surface area (Å²) < 4.78 is 27.2. The minimum absolute atomic E-state index is 0.129. The highest BCUT2D eigenvalue weighted by Crippen LogP contribution is 2.24. The van der Waals surface area contributed by atoms with Gasteiger partial charge >= 0.3 is 0 Å². The molecule has 0 aliphatic rings. The van der Waals surface area contributed by atoms with Gasteiger partial charge in [0, 0.05) is 10.0 Å². The van der Waals surface area contributed by atoms with Crippen molar-refractivity contribution in [2.24, 2.45) is 0 Å². The molecule has 2 aromatic rings. The molecule has 2 rings (SSSR count). The molecule has 0 aliphatic carbocycles. The van der Waals surface area contributed by atoms with Gasteiger partial charge in [-0.15, -0.1) is 0 Å². The fraction of sp³-hybridized carbons (Fsp3) is 0. The van der Waals surface area contributed by atoms with E-state index in [0.717, 1.165) is 18.2 Å². The van der Waals surface area contributed by atoms with E-state index in [1.54, 1.807) is 6.07 Å². The molecule has 1 nitrogen and oxygen atoms in total. The Hall–Kier alpha value is -1.26. The smallest absolute Gasteiger partial charge is 0.197 e. The molecular formula is C13H6BrClF2O. The van der Waals surface area contributed by atoms with Crippen molar-refractivity contribution >= 4 is 33.3 Å². The first-order valence-electron chi connectivity index (χ1n) is 4.94. The molecule has 0 spiro atoms. The van der Waals surface area contributed by atoms with Gasteiger partial charge in [0.2, 0.25) is 0 Å². The van der Waals surface area contributed by atoms with Crippen LogP contribution in [-0.4, -0.2) is 5.78 Å². The Morgan fingerprint density at radius 3 is 2.44 bits per heavy atom. The third-order valence-corrected chi connectivity index (χ3v) is 3.15. The largest absolute Gasteiger partial charge is 0.288 e. The van der Waals surface area contributed by atoms with E-state index in [1.807, 2.05) is 0 Å². The van der Waals surface area contributed by atoms with E-state index in [1.165, 1.54) is 12.1 Å². The zero-order chi connectivity index (χ0) is 13.3. The van der Waals surface area contributed by atoms with Crippen LogP contribution in [-0.2, 0) is 0 Å². The molecule has 5 heteroatoms. The number of halogens is 4. The molecule has 0 fully saturated rings. The van der Waals surface area contributed by atoms with E-state index in [9.17, 15) is 13.6 Å². The Morgan fingerprint density at radius 2 is 1.78 bits per heavy atom. The number of ketones is 1. The van der Waals surface area contributed by atoms with Gasteiger partial charge in [-0.25, -0.2) is 8.78 Å². The Morgan fingerprint density at radius 1 is 1.06 bits per heavy atom. The van der Waals surface area contributed by atoms with Gasteiger partial charge in [-0.1, -0.05) is 27.5 Å². The second kappa shape index (κ2) is 5.16. The van der Waals surface area contributed by atoms with Crippen molar-refractivity contribution in [1.82, 2.24) is 0 Å². The summed E-state index contributed by atoms with van der Waals surface area (Å²) in [7, 11) is 0. The normalized spacial score (nSPS) is 10.4. The molecule has 0 radical (unpaired) electrons. The molecule has 0 saturated carbocycles. The summed E-state index contributed by atoms with van der Waals surface area (Å²) in [6.45, 7) is 0. The Labute approximate surface area is 116 Å². The molecule has 0 heterocycles. The molecule has 18 heavy (non-hydrogen) atoms. The highest BCUT2D eigenvalue weighted by Gasteiger charge is 2.17. The van der Waals surface area contributed by atoms with Gasteiger partial charge in [-0.3, -0.25) is 4.79 Å². The minimum Gasteiger partial charge on any atom is -0.288 e. The summed E-state index contributed by atoms with van der Waals surface area (Å²) in [4.78, 5) is 12.0. The SMILES string of the molecule is O=C(c1cc(F)ccc1F)c1ccc(Br)cc1Cl. The Balaban J connectivity index is 2.51. The maximum Gasteiger partial charge on any atom is 0.197 e. The quantitative estimate of drug-likeness (QED) is 0.734. The number of benzene rings is 2. The second-order valence-electron chi connectivity index (χ2n) is 3.58. The lowest BCUT2D eigenvalue weighted by Gasteiger charge is -2.05. The lowest BCUT2D eigenvalue weighted by molar-refractivity contribution is 0.103. The average Bonchev–Trinajstić information content (AvgIpc) is 2.31. The van der Waals surface area contributed by atoms with Crippen LogP contribution in [0.4, 0.5) is 8.78 Å². The van der Waals surface area contributed by atoms with Gasteiger partial charge in [-0.05, 0) is 36.4 Å². The molecule has 2 aromatic carbocycles. The predicted molar refractivity (Wildman–Crippen MR) is 68.9 cm³/mol. The summed E-state index contributed by atoms with van der Waals surface area (Å²) >= 11 is 9.10. The molecule has 0 saturated heterocycles. The molecule has 0 aliphatic heterocycles. The fourth-order valence-corrected chi connectivity index (χ4v) is 2.25. The second-order valence-corrected chi connectivity index (χ2v) is 4.90. The topological polar surface area (TPSA) is 17.1 Å².